The van der Waals surface area contributed by atoms with Crippen LogP contribution in [0.25, 0.3) is 0 Å². The molecule has 2 amide bonds. The van der Waals surface area contributed by atoms with Gasteiger partial charge in [-0.15, -0.1) is 0 Å². The maximum atomic E-state index is 11.1. The van der Waals surface area contributed by atoms with Crippen molar-refractivity contribution in [2.45, 2.75) is 32.2 Å². The molecule has 0 heterocycles. The Morgan fingerprint density at radius 2 is 2.14 bits per heavy atom. The number of urea groups is 1. The predicted octanol–water partition coefficient (Wildman–Crippen LogP) is 0.559. The number of carboxylic acid groups (broad SMARTS) is 1. The average molecular weight is 200 g/mol. The van der Waals surface area contributed by atoms with Crippen LogP contribution in [-0.2, 0) is 4.79 Å². The first-order valence-corrected chi connectivity index (χ1v) is 4.86. The number of carbonyl (C=O) groups excluding carboxylic acids is 1. The molecule has 5 nitrogen and oxygen atoms in total. The summed E-state index contributed by atoms with van der Waals surface area (Å²) in [5.41, 5.74) is 0. The van der Waals surface area contributed by atoms with Gasteiger partial charge in [0.25, 0.3) is 0 Å². The first kappa shape index (κ1) is 10.8. The summed E-state index contributed by atoms with van der Waals surface area (Å²) in [5, 5.41) is 13.5. The monoisotopic (exact) mass is 200 g/mol. The van der Waals surface area contributed by atoms with Crippen LogP contribution in [0, 0.1) is 5.92 Å². The zero-order chi connectivity index (χ0) is 10.6. The zero-order valence-electron chi connectivity index (χ0n) is 8.25. The van der Waals surface area contributed by atoms with Crippen molar-refractivity contribution in [3.8, 4) is 0 Å². The number of nitrogens with one attached hydrogen (secondary N) is 2. The number of amides is 2. The Morgan fingerprint density at radius 3 is 2.64 bits per heavy atom. The van der Waals surface area contributed by atoms with Crippen LogP contribution in [0.5, 0.6) is 0 Å². The van der Waals surface area contributed by atoms with Crippen LogP contribution in [0.4, 0.5) is 4.79 Å². The molecule has 14 heavy (non-hydrogen) atoms. The lowest BCUT2D eigenvalue weighted by atomic mass is 10.3. The Morgan fingerprint density at radius 1 is 1.50 bits per heavy atom. The summed E-state index contributed by atoms with van der Waals surface area (Å²) in [6, 6.07) is -1.24. The molecule has 0 bridgehead atoms. The number of hydrogen-bond donors (Lipinski definition) is 3. The van der Waals surface area contributed by atoms with Gasteiger partial charge in [-0.3, -0.25) is 4.79 Å². The second-order valence-corrected chi connectivity index (χ2v) is 3.69. The van der Waals surface area contributed by atoms with Crippen molar-refractivity contribution in [3.05, 3.63) is 0 Å². The van der Waals surface area contributed by atoms with E-state index in [4.69, 9.17) is 5.11 Å². The zero-order valence-corrected chi connectivity index (χ0v) is 8.25. The van der Waals surface area contributed by atoms with Gasteiger partial charge in [0.1, 0.15) is 6.04 Å². The Balaban J connectivity index is 2.05. The summed E-state index contributed by atoms with van der Waals surface area (Å²) in [4.78, 5) is 21.5. The minimum absolute atomic E-state index is 0.402. The SMILES string of the molecule is C[C@H](NC(=O)NCCC1CC1)C(=O)O. The molecule has 1 saturated carbocycles. The van der Waals surface area contributed by atoms with Crippen LogP contribution in [0.15, 0.2) is 0 Å². The van der Waals surface area contributed by atoms with E-state index in [0.717, 1.165) is 12.3 Å². The van der Waals surface area contributed by atoms with E-state index in [1.54, 1.807) is 0 Å². The Kier molecular flexibility index (Phi) is 3.73. The number of rotatable bonds is 5. The normalized spacial score (nSPS) is 17.2. The summed E-state index contributed by atoms with van der Waals surface area (Å²) in [7, 11) is 0. The molecule has 3 N–H and O–H groups in total. The van der Waals surface area contributed by atoms with E-state index in [-0.39, 0.29) is 0 Å². The number of aliphatic carboxylic acids is 1. The fourth-order valence-electron chi connectivity index (χ4n) is 1.11. The highest BCUT2D eigenvalue weighted by Gasteiger charge is 2.21. The molecule has 0 aromatic rings. The summed E-state index contributed by atoms with van der Waals surface area (Å²) in [6.45, 7) is 2.06. The summed E-state index contributed by atoms with van der Waals surface area (Å²) >= 11 is 0. The lowest BCUT2D eigenvalue weighted by Crippen LogP contribution is -2.44. The second-order valence-electron chi connectivity index (χ2n) is 3.69. The van der Waals surface area contributed by atoms with Crippen LogP contribution in [0.2, 0.25) is 0 Å². The molecular formula is C9H16N2O3. The standard InChI is InChI=1S/C9H16N2O3/c1-6(8(12)13)11-9(14)10-5-4-7-2-3-7/h6-7H,2-5H2,1H3,(H,12,13)(H2,10,11,14)/t6-/m0/s1. The second kappa shape index (κ2) is 4.83. The lowest BCUT2D eigenvalue weighted by molar-refractivity contribution is -0.138. The number of carbonyl (C=O) groups is 2. The van der Waals surface area contributed by atoms with Gasteiger partial charge in [0.05, 0.1) is 0 Å². The van der Waals surface area contributed by atoms with Crippen LogP contribution >= 0.6 is 0 Å². The molecule has 1 aliphatic carbocycles. The molecule has 1 rings (SSSR count). The fraction of sp³-hybridized carbons (Fsp3) is 0.778. The maximum Gasteiger partial charge on any atom is 0.325 e. The third-order valence-corrected chi connectivity index (χ3v) is 2.25. The van der Waals surface area contributed by atoms with Crippen molar-refractivity contribution >= 4 is 12.0 Å². The van der Waals surface area contributed by atoms with Gasteiger partial charge in [-0.05, 0) is 19.3 Å². The molecule has 0 saturated heterocycles. The van der Waals surface area contributed by atoms with Gasteiger partial charge in [0, 0.05) is 6.54 Å². The highest BCUT2D eigenvalue weighted by Crippen LogP contribution is 2.31. The average Bonchev–Trinajstić information content (AvgIpc) is 2.87. The summed E-state index contributed by atoms with van der Waals surface area (Å²) in [6.07, 6.45) is 3.51. The largest absolute Gasteiger partial charge is 0.480 e. The van der Waals surface area contributed by atoms with Crippen molar-refractivity contribution in [1.82, 2.24) is 10.6 Å². The third-order valence-electron chi connectivity index (χ3n) is 2.25. The molecule has 1 atom stereocenters. The van der Waals surface area contributed by atoms with E-state index in [0.29, 0.717) is 6.54 Å². The van der Waals surface area contributed by atoms with Gasteiger partial charge in [0.15, 0.2) is 0 Å². The summed E-state index contributed by atoms with van der Waals surface area (Å²) < 4.78 is 0. The number of carboxylic acids is 1. The van der Waals surface area contributed by atoms with E-state index in [9.17, 15) is 9.59 Å². The molecule has 0 aliphatic heterocycles. The molecule has 80 valence electrons. The van der Waals surface area contributed by atoms with E-state index in [2.05, 4.69) is 10.6 Å². The molecule has 0 spiro atoms. The first-order chi connectivity index (χ1) is 6.59. The van der Waals surface area contributed by atoms with E-state index in [1.807, 2.05) is 0 Å². The summed E-state index contributed by atoms with van der Waals surface area (Å²) in [5.74, 6) is -0.255. The molecule has 0 aromatic heterocycles. The van der Waals surface area contributed by atoms with E-state index < -0.39 is 18.0 Å². The van der Waals surface area contributed by atoms with Crippen molar-refractivity contribution in [3.63, 3.8) is 0 Å². The highest BCUT2D eigenvalue weighted by molar-refractivity contribution is 5.82. The first-order valence-electron chi connectivity index (χ1n) is 4.86. The van der Waals surface area contributed by atoms with Gasteiger partial charge in [0.2, 0.25) is 0 Å². The molecule has 5 heteroatoms. The topological polar surface area (TPSA) is 78.4 Å². The molecule has 0 radical (unpaired) electrons. The van der Waals surface area contributed by atoms with E-state index in [1.165, 1.54) is 19.8 Å². The fourth-order valence-corrected chi connectivity index (χ4v) is 1.11. The Bertz CT molecular complexity index is 226. The van der Waals surface area contributed by atoms with Crippen LogP contribution in [0.3, 0.4) is 0 Å². The molecule has 0 aromatic carbocycles. The molecular weight excluding hydrogens is 184 g/mol. The smallest absolute Gasteiger partial charge is 0.325 e. The van der Waals surface area contributed by atoms with Gasteiger partial charge >= 0.3 is 12.0 Å². The Labute approximate surface area is 82.9 Å². The van der Waals surface area contributed by atoms with E-state index >= 15 is 0 Å². The third kappa shape index (κ3) is 4.11. The van der Waals surface area contributed by atoms with Crippen LogP contribution in [0.1, 0.15) is 26.2 Å². The minimum Gasteiger partial charge on any atom is -0.480 e. The Hall–Kier alpha value is -1.26. The predicted molar refractivity (Wildman–Crippen MR) is 51.0 cm³/mol. The van der Waals surface area contributed by atoms with Crippen LogP contribution in [-0.4, -0.2) is 29.7 Å². The molecule has 1 aliphatic rings. The highest BCUT2D eigenvalue weighted by atomic mass is 16.4. The molecule has 1 fully saturated rings. The lowest BCUT2D eigenvalue weighted by Gasteiger charge is -2.10. The molecule has 0 unspecified atom stereocenters. The van der Waals surface area contributed by atoms with Crippen molar-refractivity contribution < 1.29 is 14.7 Å². The van der Waals surface area contributed by atoms with Crippen molar-refractivity contribution in [1.29, 1.82) is 0 Å². The van der Waals surface area contributed by atoms with Crippen molar-refractivity contribution in [2.24, 2.45) is 5.92 Å². The maximum absolute atomic E-state index is 11.1. The van der Waals surface area contributed by atoms with Gasteiger partial charge in [-0.2, -0.15) is 0 Å². The van der Waals surface area contributed by atoms with Gasteiger partial charge in [-0.1, -0.05) is 12.8 Å². The van der Waals surface area contributed by atoms with Gasteiger partial charge < -0.3 is 15.7 Å². The van der Waals surface area contributed by atoms with Crippen LogP contribution < -0.4 is 10.6 Å². The minimum atomic E-state index is -1.03. The van der Waals surface area contributed by atoms with Crippen molar-refractivity contribution in [2.75, 3.05) is 6.54 Å². The van der Waals surface area contributed by atoms with Gasteiger partial charge in [-0.25, -0.2) is 4.79 Å². The number of hydrogen-bond acceptors (Lipinski definition) is 2. The quantitative estimate of drug-likeness (QED) is 0.606.